The minimum absolute atomic E-state index is 0.103. The Morgan fingerprint density at radius 2 is 2.00 bits per heavy atom. The standard InChI is InChI=1S/C22H20F2N4O2.C5H8N2/c1-11-16(19-20(30-2)21(25)27-10-26-19)8-14(23)9-18(11)28-22(29)15-6-5-13(7-17(15)24)12-3-4-12;6-3-5-1-2-7-4-5/h5-10,12H,3-4H2,1-2H3,(H,28,29)(H2,25,26,27);5,7H,1-2,4H2/t;5-/m.0/s1. The number of nitrogens with two attached hydrogens (primary N) is 1. The van der Waals surface area contributed by atoms with Crippen LogP contribution in [0.15, 0.2) is 36.7 Å². The number of nitrogens with zero attached hydrogens (tertiary/aromatic N) is 3. The van der Waals surface area contributed by atoms with Crippen LogP contribution >= 0.6 is 0 Å². The van der Waals surface area contributed by atoms with Gasteiger partial charge in [-0.1, -0.05) is 6.07 Å². The van der Waals surface area contributed by atoms with Gasteiger partial charge in [-0.05, 0) is 74.0 Å². The molecule has 5 rings (SSSR count). The Balaban J connectivity index is 0.000000396. The second-order valence-electron chi connectivity index (χ2n) is 9.05. The molecule has 0 unspecified atom stereocenters. The number of hydrogen-bond acceptors (Lipinski definition) is 7. The van der Waals surface area contributed by atoms with Crippen LogP contribution in [0, 0.1) is 35.8 Å². The first kappa shape index (κ1) is 26.0. The van der Waals surface area contributed by atoms with Gasteiger partial charge in [0.2, 0.25) is 0 Å². The van der Waals surface area contributed by atoms with Crippen LogP contribution in [0.25, 0.3) is 11.3 Å². The van der Waals surface area contributed by atoms with Gasteiger partial charge in [0, 0.05) is 17.8 Å². The van der Waals surface area contributed by atoms with E-state index in [4.69, 9.17) is 15.7 Å². The molecule has 0 bridgehead atoms. The number of nitrogens with one attached hydrogen (secondary N) is 2. The summed E-state index contributed by atoms with van der Waals surface area (Å²) in [6.07, 6.45) is 4.35. The Hall–Kier alpha value is -4.10. The van der Waals surface area contributed by atoms with Crippen LogP contribution in [0.1, 0.15) is 46.7 Å². The number of nitrogen functional groups attached to an aromatic ring is 1. The van der Waals surface area contributed by atoms with Crippen molar-refractivity contribution in [2.45, 2.75) is 32.1 Å². The molecule has 1 saturated heterocycles. The van der Waals surface area contributed by atoms with Crippen LogP contribution in [-0.4, -0.2) is 36.1 Å². The van der Waals surface area contributed by atoms with Crippen molar-refractivity contribution in [1.82, 2.24) is 15.3 Å². The molecule has 3 aromatic rings. The number of aromatic nitrogens is 2. The van der Waals surface area contributed by atoms with Gasteiger partial charge in [-0.15, -0.1) is 0 Å². The number of anilines is 2. The highest BCUT2D eigenvalue weighted by molar-refractivity contribution is 6.05. The third-order valence-corrected chi connectivity index (χ3v) is 6.44. The number of carbonyl (C=O) groups excluding carboxylic acids is 1. The van der Waals surface area contributed by atoms with Gasteiger partial charge in [0.05, 0.1) is 24.7 Å². The summed E-state index contributed by atoms with van der Waals surface area (Å²) in [5, 5.41) is 14.0. The van der Waals surface area contributed by atoms with Gasteiger partial charge in [-0.3, -0.25) is 4.79 Å². The van der Waals surface area contributed by atoms with E-state index in [2.05, 4.69) is 26.7 Å². The lowest BCUT2D eigenvalue weighted by Gasteiger charge is -2.15. The zero-order valence-corrected chi connectivity index (χ0v) is 20.6. The van der Waals surface area contributed by atoms with E-state index in [1.54, 1.807) is 13.0 Å². The maximum atomic E-state index is 14.5. The molecule has 2 aliphatic rings. The maximum Gasteiger partial charge on any atom is 0.258 e. The van der Waals surface area contributed by atoms with Crippen LogP contribution in [0.3, 0.4) is 0 Å². The molecule has 2 heterocycles. The van der Waals surface area contributed by atoms with E-state index >= 15 is 0 Å². The van der Waals surface area contributed by atoms with Crippen molar-refractivity contribution in [1.29, 1.82) is 5.26 Å². The largest absolute Gasteiger partial charge is 0.491 e. The zero-order chi connectivity index (χ0) is 26.5. The number of halogens is 2. The molecule has 37 heavy (non-hydrogen) atoms. The molecule has 4 N–H and O–H groups in total. The number of hydrogen-bond donors (Lipinski definition) is 3. The minimum atomic E-state index is -0.663. The van der Waals surface area contributed by atoms with Crippen molar-refractivity contribution >= 4 is 17.4 Å². The predicted octanol–water partition coefficient (Wildman–Crippen LogP) is 4.57. The highest BCUT2D eigenvalue weighted by Crippen LogP contribution is 2.40. The monoisotopic (exact) mass is 506 g/mol. The molecule has 1 saturated carbocycles. The Bertz CT molecular complexity index is 1350. The Kier molecular flexibility index (Phi) is 7.94. The topological polar surface area (TPSA) is 126 Å². The van der Waals surface area contributed by atoms with Crippen molar-refractivity contribution in [2.24, 2.45) is 5.92 Å². The molecule has 1 amide bonds. The molecule has 0 spiro atoms. The first-order valence-corrected chi connectivity index (χ1v) is 12.0. The molecule has 8 nitrogen and oxygen atoms in total. The van der Waals surface area contributed by atoms with Gasteiger partial charge >= 0.3 is 0 Å². The van der Waals surface area contributed by atoms with Crippen molar-refractivity contribution < 1.29 is 18.3 Å². The third-order valence-electron chi connectivity index (χ3n) is 6.44. The Morgan fingerprint density at radius 3 is 2.59 bits per heavy atom. The molecular formula is C27H28F2N6O2. The van der Waals surface area contributed by atoms with Gasteiger partial charge in [-0.2, -0.15) is 5.26 Å². The van der Waals surface area contributed by atoms with Gasteiger partial charge in [0.25, 0.3) is 5.91 Å². The second kappa shape index (κ2) is 11.3. The summed E-state index contributed by atoms with van der Waals surface area (Å²) in [5.41, 5.74) is 8.00. The summed E-state index contributed by atoms with van der Waals surface area (Å²) in [6.45, 7) is 3.61. The Morgan fingerprint density at radius 1 is 1.22 bits per heavy atom. The number of ether oxygens (including phenoxy) is 1. The molecule has 2 fully saturated rings. The third kappa shape index (κ3) is 6.01. The maximum absolute atomic E-state index is 14.5. The van der Waals surface area contributed by atoms with Gasteiger partial charge < -0.3 is 21.1 Å². The number of nitriles is 1. The lowest BCUT2D eigenvalue weighted by atomic mass is 10.0. The number of carbonyl (C=O) groups is 1. The lowest BCUT2D eigenvalue weighted by Crippen LogP contribution is -2.15. The predicted molar refractivity (Wildman–Crippen MR) is 136 cm³/mol. The van der Waals surface area contributed by atoms with E-state index in [1.165, 1.54) is 37.7 Å². The van der Waals surface area contributed by atoms with E-state index in [0.717, 1.165) is 37.9 Å². The average Bonchev–Trinajstić information content (AvgIpc) is 3.60. The van der Waals surface area contributed by atoms with Crippen LogP contribution in [0.2, 0.25) is 0 Å². The van der Waals surface area contributed by atoms with E-state index in [-0.39, 0.29) is 28.5 Å². The van der Waals surface area contributed by atoms with E-state index in [9.17, 15) is 13.6 Å². The first-order valence-electron chi connectivity index (χ1n) is 12.0. The summed E-state index contributed by atoms with van der Waals surface area (Å²) in [6, 6.07) is 9.25. The first-order chi connectivity index (χ1) is 17.8. The molecule has 1 atom stereocenters. The van der Waals surface area contributed by atoms with Crippen molar-refractivity contribution in [3.8, 4) is 23.1 Å². The Labute approximate surface area is 213 Å². The van der Waals surface area contributed by atoms with Gasteiger partial charge in [0.15, 0.2) is 11.6 Å². The van der Waals surface area contributed by atoms with E-state index in [0.29, 0.717) is 23.0 Å². The minimum Gasteiger partial charge on any atom is -0.491 e. The molecule has 10 heteroatoms. The fourth-order valence-corrected chi connectivity index (χ4v) is 4.18. The smallest absolute Gasteiger partial charge is 0.258 e. The summed E-state index contributed by atoms with van der Waals surface area (Å²) in [5.74, 6) is -0.894. The molecule has 0 radical (unpaired) electrons. The summed E-state index contributed by atoms with van der Waals surface area (Å²) >= 11 is 0. The van der Waals surface area contributed by atoms with Crippen molar-refractivity contribution in [2.75, 3.05) is 31.2 Å². The van der Waals surface area contributed by atoms with Crippen LogP contribution in [-0.2, 0) is 0 Å². The zero-order valence-electron chi connectivity index (χ0n) is 20.6. The van der Waals surface area contributed by atoms with Crippen molar-refractivity contribution in [3.63, 3.8) is 0 Å². The van der Waals surface area contributed by atoms with Crippen LogP contribution in [0.5, 0.6) is 5.75 Å². The summed E-state index contributed by atoms with van der Waals surface area (Å²) < 4.78 is 34.1. The fraction of sp³-hybridized carbons (Fsp3) is 0.333. The highest BCUT2D eigenvalue weighted by atomic mass is 19.1. The number of benzene rings is 2. The quantitative estimate of drug-likeness (QED) is 0.463. The summed E-state index contributed by atoms with van der Waals surface area (Å²) in [4.78, 5) is 20.7. The summed E-state index contributed by atoms with van der Waals surface area (Å²) in [7, 11) is 1.41. The van der Waals surface area contributed by atoms with Crippen LogP contribution < -0.4 is 21.1 Å². The number of amides is 1. The molecule has 2 aromatic carbocycles. The number of rotatable bonds is 5. The lowest BCUT2D eigenvalue weighted by molar-refractivity contribution is 0.102. The molecule has 1 aromatic heterocycles. The SMILES string of the molecule is COc1c(N)ncnc1-c1cc(F)cc(NC(=O)c2ccc(C3CC3)cc2F)c1C.N#C[C@@H]1CCNC1. The molecule has 192 valence electrons. The highest BCUT2D eigenvalue weighted by Gasteiger charge is 2.25. The second-order valence-corrected chi connectivity index (χ2v) is 9.05. The normalized spacial score (nSPS) is 16.4. The number of methoxy groups -OCH3 is 1. The molecule has 1 aliphatic heterocycles. The van der Waals surface area contributed by atoms with Gasteiger partial charge in [-0.25, -0.2) is 18.7 Å². The van der Waals surface area contributed by atoms with Crippen molar-refractivity contribution in [3.05, 3.63) is 65.0 Å². The van der Waals surface area contributed by atoms with Crippen LogP contribution in [0.4, 0.5) is 20.3 Å². The molecular weight excluding hydrogens is 478 g/mol. The fourth-order valence-electron chi connectivity index (χ4n) is 4.18. The average molecular weight is 507 g/mol. The van der Waals surface area contributed by atoms with E-state index < -0.39 is 17.5 Å². The van der Waals surface area contributed by atoms with Gasteiger partial charge in [0.1, 0.15) is 23.7 Å². The van der Waals surface area contributed by atoms with E-state index in [1.807, 2.05) is 0 Å². The molecule has 1 aliphatic carbocycles.